The van der Waals surface area contributed by atoms with Gasteiger partial charge in [0.1, 0.15) is 17.3 Å². The van der Waals surface area contributed by atoms with Gasteiger partial charge in [0.25, 0.3) is 5.69 Å². The summed E-state index contributed by atoms with van der Waals surface area (Å²) in [6.45, 7) is 0. The first-order valence-electron chi connectivity index (χ1n) is 9.71. The first-order valence-corrected chi connectivity index (χ1v) is 9.71. The zero-order chi connectivity index (χ0) is 20.9. The molecule has 0 saturated carbocycles. The Morgan fingerprint density at radius 1 is 0.900 bits per heavy atom. The Labute approximate surface area is 175 Å². The summed E-state index contributed by atoms with van der Waals surface area (Å²) in [5.74, 6) is 2.28. The van der Waals surface area contributed by atoms with Gasteiger partial charge in [-0.25, -0.2) is 0 Å². The van der Waals surface area contributed by atoms with E-state index in [2.05, 4.69) is 6.08 Å². The molecule has 0 fully saturated rings. The molecule has 1 aliphatic rings. The molecule has 5 heteroatoms. The van der Waals surface area contributed by atoms with Crippen molar-refractivity contribution in [2.75, 3.05) is 7.11 Å². The minimum absolute atomic E-state index is 0.0619. The fourth-order valence-electron chi connectivity index (χ4n) is 3.54. The number of allylic oxidation sites excluding steroid dienone is 3. The number of rotatable bonds is 6. The third-order valence-corrected chi connectivity index (χ3v) is 5.00. The van der Waals surface area contributed by atoms with Crippen LogP contribution in [0.25, 0.3) is 16.7 Å². The highest BCUT2D eigenvalue weighted by Gasteiger charge is 2.16. The summed E-state index contributed by atoms with van der Waals surface area (Å²) in [5, 5.41) is 11.3. The van der Waals surface area contributed by atoms with Gasteiger partial charge in [0.05, 0.1) is 12.0 Å². The standard InChI is InChI=1S/C25H21NO4/c1-29-22-13-14-24(25(17-22)18-7-5-9-20(15-18)26(27)28)19-8-6-12-23(16-19)30-21-10-3-2-4-11-21/h2-5,7,9-17H,6,8H2,1H3. The van der Waals surface area contributed by atoms with Crippen molar-refractivity contribution in [3.63, 3.8) is 0 Å². The Bertz CT molecular complexity index is 1130. The second kappa shape index (κ2) is 8.66. The van der Waals surface area contributed by atoms with E-state index in [1.165, 1.54) is 6.07 Å². The van der Waals surface area contributed by atoms with Gasteiger partial charge in [-0.1, -0.05) is 36.4 Å². The van der Waals surface area contributed by atoms with Crippen molar-refractivity contribution in [1.82, 2.24) is 0 Å². The molecule has 0 amide bonds. The number of methoxy groups -OCH3 is 1. The second-order valence-electron chi connectivity index (χ2n) is 6.95. The Hall–Kier alpha value is -3.86. The first kappa shape index (κ1) is 19.5. The summed E-state index contributed by atoms with van der Waals surface area (Å²) in [7, 11) is 1.61. The summed E-state index contributed by atoms with van der Waals surface area (Å²) in [5.41, 5.74) is 3.86. The van der Waals surface area contributed by atoms with Crippen LogP contribution in [0.4, 0.5) is 5.69 Å². The lowest BCUT2D eigenvalue weighted by Crippen LogP contribution is -2.00. The average Bonchev–Trinajstić information content (AvgIpc) is 2.79. The average molecular weight is 399 g/mol. The number of benzene rings is 3. The number of hydrogen-bond donors (Lipinski definition) is 0. The van der Waals surface area contributed by atoms with Crippen LogP contribution < -0.4 is 9.47 Å². The van der Waals surface area contributed by atoms with Crippen molar-refractivity contribution < 1.29 is 14.4 Å². The lowest BCUT2D eigenvalue weighted by Gasteiger charge is -2.18. The van der Waals surface area contributed by atoms with Crippen LogP contribution >= 0.6 is 0 Å². The van der Waals surface area contributed by atoms with Crippen molar-refractivity contribution in [1.29, 1.82) is 0 Å². The number of nitro benzene ring substituents is 1. The normalized spacial score (nSPS) is 13.2. The van der Waals surface area contributed by atoms with Gasteiger partial charge in [0.15, 0.2) is 0 Å². The van der Waals surface area contributed by atoms with Crippen molar-refractivity contribution >= 4 is 11.3 Å². The van der Waals surface area contributed by atoms with Crippen LogP contribution in [0.15, 0.2) is 90.7 Å². The number of ether oxygens (including phenoxy) is 2. The van der Waals surface area contributed by atoms with Crippen molar-refractivity contribution in [2.45, 2.75) is 12.8 Å². The van der Waals surface area contributed by atoms with Gasteiger partial charge in [-0.2, -0.15) is 0 Å². The molecule has 0 heterocycles. The smallest absolute Gasteiger partial charge is 0.270 e. The summed E-state index contributed by atoms with van der Waals surface area (Å²) >= 11 is 0. The zero-order valence-corrected chi connectivity index (χ0v) is 16.6. The molecule has 3 aromatic carbocycles. The molecule has 1 aliphatic carbocycles. The molecule has 4 rings (SSSR count). The van der Waals surface area contributed by atoms with Gasteiger partial charge in [-0.15, -0.1) is 0 Å². The number of hydrogen-bond acceptors (Lipinski definition) is 4. The van der Waals surface area contributed by atoms with Crippen LogP contribution in [0, 0.1) is 10.1 Å². The van der Waals surface area contributed by atoms with E-state index in [9.17, 15) is 10.1 Å². The van der Waals surface area contributed by atoms with Gasteiger partial charge in [0.2, 0.25) is 0 Å². The van der Waals surface area contributed by atoms with E-state index < -0.39 is 0 Å². The first-order chi connectivity index (χ1) is 14.6. The van der Waals surface area contributed by atoms with Crippen LogP contribution in [-0.2, 0) is 0 Å². The fourth-order valence-corrected chi connectivity index (χ4v) is 3.54. The molecule has 0 saturated heterocycles. The molecule has 5 nitrogen and oxygen atoms in total. The van der Waals surface area contributed by atoms with E-state index >= 15 is 0 Å². The molecule has 3 aromatic rings. The quantitative estimate of drug-likeness (QED) is 0.355. The fraction of sp³-hybridized carbons (Fsp3) is 0.120. The summed E-state index contributed by atoms with van der Waals surface area (Å²) < 4.78 is 11.4. The predicted octanol–water partition coefficient (Wildman–Crippen LogP) is 6.41. The van der Waals surface area contributed by atoms with Crippen LogP contribution in [0.3, 0.4) is 0 Å². The molecule has 0 aliphatic heterocycles. The SMILES string of the molecule is COc1ccc(C2=CC(Oc3ccccc3)=CCC2)c(-c2cccc([N+](=O)[O-])c2)c1. The maximum absolute atomic E-state index is 11.3. The Morgan fingerprint density at radius 2 is 1.73 bits per heavy atom. The van der Waals surface area contributed by atoms with Crippen LogP contribution in [-0.4, -0.2) is 12.0 Å². The zero-order valence-electron chi connectivity index (χ0n) is 16.6. The number of nitrogens with zero attached hydrogens (tertiary/aromatic N) is 1. The van der Waals surface area contributed by atoms with E-state index in [0.717, 1.165) is 46.6 Å². The van der Waals surface area contributed by atoms with Gasteiger partial charge >= 0.3 is 0 Å². The van der Waals surface area contributed by atoms with Crippen LogP contribution in [0.1, 0.15) is 18.4 Å². The highest BCUT2D eigenvalue weighted by Crippen LogP contribution is 2.37. The minimum atomic E-state index is -0.377. The van der Waals surface area contributed by atoms with E-state index in [0.29, 0.717) is 5.75 Å². The van der Waals surface area contributed by atoms with Crippen LogP contribution in [0.2, 0.25) is 0 Å². The molecule has 30 heavy (non-hydrogen) atoms. The molecule has 0 radical (unpaired) electrons. The van der Waals surface area contributed by atoms with Gasteiger partial charge < -0.3 is 9.47 Å². The van der Waals surface area contributed by atoms with E-state index in [1.54, 1.807) is 19.2 Å². The lowest BCUT2D eigenvalue weighted by molar-refractivity contribution is -0.384. The summed E-state index contributed by atoms with van der Waals surface area (Å²) in [4.78, 5) is 10.9. The highest BCUT2D eigenvalue weighted by molar-refractivity contribution is 5.84. The van der Waals surface area contributed by atoms with E-state index in [-0.39, 0.29) is 10.6 Å². The lowest BCUT2D eigenvalue weighted by atomic mass is 9.89. The molecule has 0 spiro atoms. The molecular weight excluding hydrogens is 378 g/mol. The maximum atomic E-state index is 11.3. The third kappa shape index (κ3) is 4.25. The summed E-state index contributed by atoms with van der Waals surface area (Å²) in [6, 6.07) is 22.2. The molecule has 0 aromatic heterocycles. The van der Waals surface area contributed by atoms with E-state index in [1.807, 2.05) is 60.7 Å². The van der Waals surface area contributed by atoms with Crippen molar-refractivity contribution in [3.05, 3.63) is 106 Å². The second-order valence-corrected chi connectivity index (χ2v) is 6.95. The molecule has 0 N–H and O–H groups in total. The van der Waals surface area contributed by atoms with Gasteiger partial charge in [-0.05, 0) is 71.5 Å². The number of para-hydroxylation sites is 1. The molecule has 0 bridgehead atoms. The highest BCUT2D eigenvalue weighted by atomic mass is 16.6. The number of nitro groups is 1. The van der Waals surface area contributed by atoms with Crippen molar-refractivity contribution in [2.24, 2.45) is 0 Å². The van der Waals surface area contributed by atoms with E-state index in [4.69, 9.17) is 9.47 Å². The van der Waals surface area contributed by atoms with Crippen molar-refractivity contribution in [3.8, 4) is 22.6 Å². The molecule has 0 atom stereocenters. The van der Waals surface area contributed by atoms with Gasteiger partial charge in [0, 0.05) is 12.1 Å². The predicted molar refractivity (Wildman–Crippen MR) is 117 cm³/mol. The molecular formula is C25H21NO4. The minimum Gasteiger partial charge on any atom is -0.497 e. The maximum Gasteiger partial charge on any atom is 0.270 e. The Kier molecular flexibility index (Phi) is 5.61. The van der Waals surface area contributed by atoms with Gasteiger partial charge in [-0.3, -0.25) is 10.1 Å². The molecule has 150 valence electrons. The number of non-ortho nitro benzene ring substituents is 1. The largest absolute Gasteiger partial charge is 0.497 e. The third-order valence-electron chi connectivity index (χ3n) is 5.00. The monoisotopic (exact) mass is 399 g/mol. The Balaban J connectivity index is 1.74. The Morgan fingerprint density at radius 3 is 2.50 bits per heavy atom. The topological polar surface area (TPSA) is 61.6 Å². The molecule has 0 unspecified atom stereocenters. The van der Waals surface area contributed by atoms with Crippen LogP contribution in [0.5, 0.6) is 11.5 Å². The summed E-state index contributed by atoms with van der Waals surface area (Å²) in [6.07, 6.45) is 5.83.